The number of hydrogen-bond acceptors (Lipinski definition) is 5. The molecule has 2 heterocycles. The van der Waals surface area contributed by atoms with E-state index in [9.17, 15) is 14.7 Å². The molecule has 2 aromatic heterocycles. The smallest absolute Gasteiger partial charge is 0.329 e. The number of nitrogens with one attached hydrogen (secondary N) is 2. The summed E-state index contributed by atoms with van der Waals surface area (Å²) in [4.78, 5) is 28.8. The summed E-state index contributed by atoms with van der Waals surface area (Å²) in [6.07, 6.45) is -0.919. The van der Waals surface area contributed by atoms with Crippen LogP contribution in [-0.4, -0.2) is 36.9 Å². The van der Waals surface area contributed by atoms with Crippen molar-refractivity contribution in [3.63, 3.8) is 0 Å². The van der Waals surface area contributed by atoms with E-state index in [4.69, 9.17) is 28.6 Å². The van der Waals surface area contributed by atoms with Crippen LogP contribution in [0, 0.1) is 4.77 Å². The van der Waals surface area contributed by atoms with E-state index in [1.165, 1.54) is 16.2 Å². The van der Waals surface area contributed by atoms with Crippen LogP contribution < -0.4 is 16.0 Å². The van der Waals surface area contributed by atoms with E-state index in [2.05, 4.69) is 9.97 Å². The third-order valence-electron chi connectivity index (χ3n) is 3.69. The average Bonchev–Trinajstić information content (AvgIpc) is 2.89. The van der Waals surface area contributed by atoms with Gasteiger partial charge in [0, 0.05) is 12.1 Å². The highest BCUT2D eigenvalue weighted by molar-refractivity contribution is 7.71. The number of ether oxygens (including phenoxy) is 1. The molecule has 0 radical (unpaired) electrons. The molecule has 0 aliphatic carbocycles. The summed E-state index contributed by atoms with van der Waals surface area (Å²) in [7, 11) is 1.51. The number of aromatic amines is 2. The minimum absolute atomic E-state index is 0.000250. The Kier molecular flexibility index (Phi) is 4.80. The van der Waals surface area contributed by atoms with Crippen molar-refractivity contribution in [2.75, 3.05) is 6.61 Å². The van der Waals surface area contributed by atoms with Crippen LogP contribution in [0.25, 0.3) is 11.2 Å². The Hall–Kier alpha value is -2.36. The van der Waals surface area contributed by atoms with E-state index >= 15 is 0 Å². The fourth-order valence-corrected chi connectivity index (χ4v) is 2.82. The Morgan fingerprint density at radius 3 is 2.64 bits per heavy atom. The number of rotatable bonds is 5. The Bertz CT molecular complexity index is 1080. The number of H-pyrrole nitrogens is 2. The van der Waals surface area contributed by atoms with Gasteiger partial charge in [-0.3, -0.25) is 14.3 Å². The fourth-order valence-electron chi connectivity index (χ4n) is 2.43. The summed E-state index contributed by atoms with van der Waals surface area (Å²) in [6.45, 7) is 0.0352. The number of aliphatic hydroxyl groups excluding tert-OH is 1. The molecule has 0 unspecified atom stereocenters. The zero-order valence-electron chi connectivity index (χ0n) is 13.2. The van der Waals surface area contributed by atoms with E-state index in [0.29, 0.717) is 16.4 Å². The first-order valence-electron chi connectivity index (χ1n) is 7.35. The molecule has 3 aromatic rings. The van der Waals surface area contributed by atoms with Crippen LogP contribution in [0.5, 0.6) is 5.75 Å². The maximum absolute atomic E-state index is 12.1. The van der Waals surface area contributed by atoms with Crippen LogP contribution in [0.1, 0.15) is 0 Å². The summed E-state index contributed by atoms with van der Waals surface area (Å²) in [5.41, 5.74) is -0.633. The summed E-state index contributed by atoms with van der Waals surface area (Å²) < 4.78 is 8.41. The minimum Gasteiger partial charge on any atom is -0.491 e. The van der Waals surface area contributed by atoms with Crippen molar-refractivity contribution in [1.29, 1.82) is 0 Å². The summed E-state index contributed by atoms with van der Waals surface area (Å²) in [5, 5.41) is 10.8. The van der Waals surface area contributed by atoms with Crippen LogP contribution in [0.15, 0.2) is 33.9 Å². The molecule has 0 amide bonds. The van der Waals surface area contributed by atoms with Gasteiger partial charge in [-0.2, -0.15) is 0 Å². The van der Waals surface area contributed by atoms with E-state index in [1.807, 2.05) is 0 Å². The van der Waals surface area contributed by atoms with Gasteiger partial charge in [-0.05, 0) is 36.5 Å². The van der Waals surface area contributed by atoms with Gasteiger partial charge < -0.3 is 19.4 Å². The fraction of sp³-hybridized carbons (Fsp3) is 0.267. The van der Waals surface area contributed by atoms with Crippen molar-refractivity contribution < 1.29 is 9.84 Å². The summed E-state index contributed by atoms with van der Waals surface area (Å²) in [5.74, 6) is 0.561. The van der Waals surface area contributed by atoms with Crippen molar-refractivity contribution in [2.45, 2.75) is 12.6 Å². The van der Waals surface area contributed by atoms with Crippen LogP contribution in [0.3, 0.4) is 0 Å². The molecule has 0 spiro atoms. The Balaban J connectivity index is 1.83. The predicted molar refractivity (Wildman–Crippen MR) is 95.9 cm³/mol. The second-order valence-electron chi connectivity index (χ2n) is 5.48. The standard InChI is InChI=1S/C15H15ClN4O4S/c1-19-12-11(13(22)18-14(19)23)20(15(25)17-12)6-9(21)7-24-10-4-2-8(16)3-5-10/h2-5,9,21H,6-7H2,1H3,(H,17,25)(H,18,22,23)/t9-/m0/s1. The van der Waals surface area contributed by atoms with E-state index < -0.39 is 17.4 Å². The number of fused-ring (bicyclic) bond motifs is 1. The van der Waals surface area contributed by atoms with Crippen LogP contribution in [-0.2, 0) is 13.6 Å². The van der Waals surface area contributed by atoms with Gasteiger partial charge in [-0.1, -0.05) is 11.6 Å². The Labute approximate surface area is 151 Å². The Morgan fingerprint density at radius 1 is 1.28 bits per heavy atom. The molecule has 0 aliphatic heterocycles. The van der Waals surface area contributed by atoms with Crippen molar-refractivity contribution in [3.05, 3.63) is 54.9 Å². The molecular formula is C15H15ClN4O4S. The van der Waals surface area contributed by atoms with Gasteiger partial charge in [-0.15, -0.1) is 0 Å². The number of halogens is 1. The first-order valence-corrected chi connectivity index (χ1v) is 8.13. The number of aliphatic hydroxyl groups is 1. The van der Waals surface area contributed by atoms with Gasteiger partial charge in [0.05, 0.1) is 6.54 Å². The number of imidazole rings is 1. The first-order chi connectivity index (χ1) is 11.9. The zero-order chi connectivity index (χ0) is 18.1. The molecule has 10 heteroatoms. The van der Waals surface area contributed by atoms with Gasteiger partial charge in [0.1, 0.15) is 24.1 Å². The van der Waals surface area contributed by atoms with Gasteiger partial charge in [0.2, 0.25) is 0 Å². The maximum Gasteiger partial charge on any atom is 0.329 e. The van der Waals surface area contributed by atoms with E-state index in [-0.39, 0.29) is 23.4 Å². The molecule has 0 bridgehead atoms. The largest absolute Gasteiger partial charge is 0.491 e. The second kappa shape index (κ2) is 6.87. The highest BCUT2D eigenvalue weighted by Gasteiger charge is 2.16. The monoisotopic (exact) mass is 382 g/mol. The molecule has 3 rings (SSSR count). The lowest BCUT2D eigenvalue weighted by atomic mass is 10.3. The minimum atomic E-state index is -0.919. The molecule has 1 atom stereocenters. The Morgan fingerprint density at radius 2 is 1.96 bits per heavy atom. The third-order valence-corrected chi connectivity index (χ3v) is 4.26. The van der Waals surface area contributed by atoms with Crippen molar-refractivity contribution in [2.24, 2.45) is 7.05 Å². The molecule has 0 fully saturated rings. The van der Waals surface area contributed by atoms with Crippen molar-refractivity contribution in [3.8, 4) is 5.75 Å². The summed E-state index contributed by atoms with van der Waals surface area (Å²) >= 11 is 11.0. The first kappa shape index (κ1) is 17.5. The number of hydrogen-bond donors (Lipinski definition) is 3. The normalized spacial score (nSPS) is 12.4. The highest BCUT2D eigenvalue weighted by Crippen LogP contribution is 2.16. The molecule has 0 aliphatic rings. The number of benzene rings is 1. The molecule has 0 saturated carbocycles. The molecule has 8 nitrogen and oxygen atoms in total. The lowest BCUT2D eigenvalue weighted by Gasteiger charge is -2.13. The molecular weight excluding hydrogens is 368 g/mol. The van der Waals surface area contributed by atoms with E-state index in [0.717, 1.165) is 0 Å². The van der Waals surface area contributed by atoms with Gasteiger partial charge in [0.15, 0.2) is 10.3 Å². The molecule has 0 saturated heterocycles. The summed E-state index contributed by atoms with van der Waals surface area (Å²) in [6, 6.07) is 6.73. The number of aryl methyl sites for hydroxylation is 1. The molecule has 25 heavy (non-hydrogen) atoms. The molecule has 132 valence electrons. The lowest BCUT2D eigenvalue weighted by Crippen LogP contribution is -2.30. The van der Waals surface area contributed by atoms with Gasteiger partial charge in [0.25, 0.3) is 5.56 Å². The molecule has 3 N–H and O–H groups in total. The topological polar surface area (TPSA) is 105 Å². The molecule has 1 aromatic carbocycles. The third kappa shape index (κ3) is 3.53. The maximum atomic E-state index is 12.1. The SMILES string of the molecule is Cn1c(=O)[nH]c(=O)c2c1[nH]c(=S)n2C[C@H](O)COc1ccc(Cl)cc1. The van der Waals surface area contributed by atoms with Crippen LogP contribution in [0.4, 0.5) is 0 Å². The van der Waals surface area contributed by atoms with Crippen molar-refractivity contribution >= 4 is 35.0 Å². The lowest BCUT2D eigenvalue weighted by molar-refractivity contribution is 0.0931. The van der Waals surface area contributed by atoms with Crippen LogP contribution in [0.2, 0.25) is 5.02 Å². The van der Waals surface area contributed by atoms with E-state index in [1.54, 1.807) is 24.3 Å². The van der Waals surface area contributed by atoms with Gasteiger partial charge >= 0.3 is 5.69 Å². The second-order valence-corrected chi connectivity index (χ2v) is 6.30. The quantitative estimate of drug-likeness (QED) is 0.575. The van der Waals surface area contributed by atoms with Gasteiger partial charge in [-0.25, -0.2) is 4.79 Å². The van der Waals surface area contributed by atoms with Crippen LogP contribution >= 0.6 is 23.8 Å². The van der Waals surface area contributed by atoms with Crippen molar-refractivity contribution in [1.82, 2.24) is 19.1 Å². The number of nitrogens with zero attached hydrogens (tertiary/aromatic N) is 2. The predicted octanol–water partition coefficient (Wildman–Crippen LogP) is 1.18. The number of aromatic nitrogens is 4. The highest BCUT2D eigenvalue weighted by atomic mass is 35.5. The average molecular weight is 383 g/mol. The zero-order valence-corrected chi connectivity index (χ0v) is 14.7.